The summed E-state index contributed by atoms with van der Waals surface area (Å²) in [6, 6.07) is 5.93. The number of benzene rings is 1. The van der Waals surface area contributed by atoms with Gasteiger partial charge >= 0.3 is 5.97 Å². The highest BCUT2D eigenvalue weighted by Crippen LogP contribution is 2.19. The van der Waals surface area contributed by atoms with Gasteiger partial charge in [0.1, 0.15) is 0 Å². The Balaban J connectivity index is 2.96. The molecular weight excluding hydrogens is 278 g/mol. The zero-order valence-corrected chi connectivity index (χ0v) is 12.8. The van der Waals surface area contributed by atoms with Crippen molar-refractivity contribution in [2.24, 2.45) is 0 Å². The first-order valence-electron chi connectivity index (χ1n) is 6.57. The van der Waals surface area contributed by atoms with Crippen molar-refractivity contribution >= 4 is 16.0 Å². The van der Waals surface area contributed by atoms with Gasteiger partial charge < -0.3 is 5.11 Å². The molecule has 0 heterocycles. The summed E-state index contributed by atoms with van der Waals surface area (Å²) in [6.07, 6.45) is 1.27. The van der Waals surface area contributed by atoms with Crippen LogP contribution in [-0.4, -0.2) is 25.0 Å². The lowest BCUT2D eigenvalue weighted by atomic mass is 9.98. The number of hydrogen-bond donors (Lipinski definition) is 2. The molecule has 0 aliphatic rings. The maximum absolute atomic E-state index is 12.3. The molecular formula is C14H21NO4S. The molecule has 0 atom stereocenters. The number of nitrogens with one attached hydrogen (secondary N) is 1. The fourth-order valence-corrected chi connectivity index (χ4v) is 3.29. The van der Waals surface area contributed by atoms with Crippen molar-refractivity contribution < 1.29 is 18.3 Å². The average Bonchev–Trinajstić information content (AvgIpc) is 2.38. The van der Waals surface area contributed by atoms with Crippen LogP contribution in [0.15, 0.2) is 29.2 Å². The molecule has 0 saturated heterocycles. The highest BCUT2D eigenvalue weighted by Gasteiger charge is 2.27. The first-order valence-corrected chi connectivity index (χ1v) is 8.05. The summed E-state index contributed by atoms with van der Waals surface area (Å²) in [5, 5.41) is 8.68. The third-order valence-corrected chi connectivity index (χ3v) is 5.18. The topological polar surface area (TPSA) is 83.5 Å². The monoisotopic (exact) mass is 299 g/mol. The van der Waals surface area contributed by atoms with Gasteiger partial charge in [0.05, 0.1) is 11.3 Å². The molecule has 0 aliphatic heterocycles. The van der Waals surface area contributed by atoms with E-state index in [0.717, 1.165) is 0 Å². The van der Waals surface area contributed by atoms with Crippen LogP contribution >= 0.6 is 0 Å². The van der Waals surface area contributed by atoms with Gasteiger partial charge in [-0.25, -0.2) is 13.1 Å². The fourth-order valence-electron chi connectivity index (χ4n) is 1.74. The maximum atomic E-state index is 12.3. The quantitative estimate of drug-likeness (QED) is 0.808. The summed E-state index contributed by atoms with van der Waals surface area (Å²) in [6.45, 7) is 5.73. The average molecular weight is 299 g/mol. The third kappa shape index (κ3) is 4.31. The second-order valence-electron chi connectivity index (χ2n) is 5.09. The summed E-state index contributed by atoms with van der Waals surface area (Å²) in [5.74, 6) is -0.941. The molecule has 0 bridgehead atoms. The summed E-state index contributed by atoms with van der Waals surface area (Å²) in [7, 11) is -3.58. The molecule has 5 nitrogen and oxygen atoms in total. The minimum absolute atomic E-state index is 0.116. The van der Waals surface area contributed by atoms with E-state index >= 15 is 0 Å². The van der Waals surface area contributed by atoms with E-state index in [9.17, 15) is 13.2 Å². The molecule has 0 saturated carbocycles. The fraction of sp³-hybridized carbons (Fsp3) is 0.500. The van der Waals surface area contributed by atoms with E-state index in [1.807, 2.05) is 20.8 Å². The first-order chi connectivity index (χ1) is 9.22. The Morgan fingerprint density at radius 1 is 1.20 bits per heavy atom. The Morgan fingerprint density at radius 2 is 1.70 bits per heavy atom. The normalized spacial score (nSPS) is 12.3. The van der Waals surface area contributed by atoms with Crippen molar-refractivity contribution in [3.63, 3.8) is 0 Å². The molecule has 0 aliphatic carbocycles. The minimum Gasteiger partial charge on any atom is -0.481 e. The Labute approximate surface area is 120 Å². The second kappa shape index (κ2) is 6.37. The summed E-state index contributed by atoms with van der Waals surface area (Å²) >= 11 is 0. The van der Waals surface area contributed by atoms with Gasteiger partial charge in [0.25, 0.3) is 0 Å². The van der Waals surface area contributed by atoms with Crippen LogP contribution in [0.3, 0.4) is 0 Å². The molecule has 1 rings (SSSR count). The van der Waals surface area contributed by atoms with Gasteiger partial charge in [0.2, 0.25) is 10.0 Å². The SMILES string of the molecule is CCC(C)(CC)NS(=O)(=O)c1ccc(CC(=O)O)cc1. The number of aliphatic carboxylic acids is 1. The van der Waals surface area contributed by atoms with Gasteiger partial charge in [-0.05, 0) is 37.5 Å². The van der Waals surface area contributed by atoms with Crippen LogP contribution in [0.1, 0.15) is 39.2 Å². The second-order valence-corrected chi connectivity index (χ2v) is 6.77. The highest BCUT2D eigenvalue weighted by molar-refractivity contribution is 7.89. The molecule has 112 valence electrons. The van der Waals surface area contributed by atoms with Crippen molar-refractivity contribution in [1.29, 1.82) is 0 Å². The lowest BCUT2D eigenvalue weighted by Gasteiger charge is -2.27. The Bertz CT molecular complexity index is 559. The van der Waals surface area contributed by atoms with E-state index in [-0.39, 0.29) is 11.3 Å². The smallest absolute Gasteiger partial charge is 0.307 e. The van der Waals surface area contributed by atoms with Crippen LogP contribution in [0.4, 0.5) is 0 Å². The first kappa shape index (κ1) is 16.7. The highest BCUT2D eigenvalue weighted by atomic mass is 32.2. The van der Waals surface area contributed by atoms with Crippen LogP contribution in [0.25, 0.3) is 0 Å². The van der Waals surface area contributed by atoms with Gasteiger partial charge in [-0.1, -0.05) is 26.0 Å². The van der Waals surface area contributed by atoms with Crippen LogP contribution < -0.4 is 4.72 Å². The predicted octanol–water partition coefficient (Wildman–Crippen LogP) is 2.17. The molecule has 0 spiro atoms. The van der Waals surface area contributed by atoms with Gasteiger partial charge in [-0.15, -0.1) is 0 Å². The van der Waals surface area contributed by atoms with Crippen molar-refractivity contribution in [2.75, 3.05) is 0 Å². The van der Waals surface area contributed by atoms with Crippen molar-refractivity contribution in [3.05, 3.63) is 29.8 Å². The molecule has 1 aromatic rings. The van der Waals surface area contributed by atoms with E-state index < -0.39 is 21.5 Å². The number of sulfonamides is 1. The predicted molar refractivity (Wildman–Crippen MR) is 77.1 cm³/mol. The zero-order valence-electron chi connectivity index (χ0n) is 12.0. The van der Waals surface area contributed by atoms with Crippen molar-refractivity contribution in [2.45, 2.75) is 50.5 Å². The Morgan fingerprint density at radius 3 is 2.10 bits per heavy atom. The van der Waals surface area contributed by atoms with E-state index in [1.54, 1.807) is 0 Å². The van der Waals surface area contributed by atoms with Gasteiger partial charge in [-0.3, -0.25) is 4.79 Å². The molecule has 1 aromatic carbocycles. The van der Waals surface area contributed by atoms with Crippen molar-refractivity contribution in [1.82, 2.24) is 4.72 Å². The summed E-state index contributed by atoms with van der Waals surface area (Å²) in [4.78, 5) is 10.7. The van der Waals surface area contributed by atoms with Crippen molar-refractivity contribution in [3.8, 4) is 0 Å². The van der Waals surface area contributed by atoms with Gasteiger partial charge in [0.15, 0.2) is 0 Å². The number of carboxylic acids is 1. The standard InChI is InChI=1S/C14H21NO4S/c1-4-14(3,5-2)15-20(18,19)12-8-6-11(7-9-12)10-13(16)17/h6-9,15H,4-5,10H2,1-3H3,(H,16,17). The molecule has 0 fully saturated rings. The van der Waals surface area contributed by atoms with Crippen LogP contribution in [0.2, 0.25) is 0 Å². The molecule has 0 amide bonds. The molecule has 0 unspecified atom stereocenters. The number of rotatable bonds is 7. The number of hydrogen-bond acceptors (Lipinski definition) is 3. The molecule has 2 N–H and O–H groups in total. The van der Waals surface area contributed by atoms with Gasteiger partial charge in [-0.2, -0.15) is 0 Å². The number of carbonyl (C=O) groups is 1. The summed E-state index contributed by atoms with van der Waals surface area (Å²) in [5.41, 5.74) is 0.101. The van der Waals surface area contributed by atoms with Crippen LogP contribution in [0.5, 0.6) is 0 Å². The largest absolute Gasteiger partial charge is 0.481 e. The Hall–Kier alpha value is -1.40. The minimum atomic E-state index is -3.58. The van der Waals surface area contributed by atoms with E-state index in [0.29, 0.717) is 18.4 Å². The molecule has 0 aromatic heterocycles. The van der Waals surface area contributed by atoms with E-state index in [4.69, 9.17) is 5.11 Å². The molecule has 6 heteroatoms. The third-order valence-electron chi connectivity index (χ3n) is 3.53. The van der Waals surface area contributed by atoms with E-state index in [2.05, 4.69) is 4.72 Å². The lowest BCUT2D eigenvalue weighted by Crippen LogP contribution is -2.44. The maximum Gasteiger partial charge on any atom is 0.307 e. The summed E-state index contributed by atoms with van der Waals surface area (Å²) < 4.78 is 27.2. The Kier molecular flexibility index (Phi) is 5.30. The van der Waals surface area contributed by atoms with Crippen LogP contribution in [0, 0.1) is 0 Å². The van der Waals surface area contributed by atoms with Crippen LogP contribution in [-0.2, 0) is 21.2 Å². The zero-order chi connectivity index (χ0) is 15.4. The lowest BCUT2D eigenvalue weighted by molar-refractivity contribution is -0.136. The molecule has 20 heavy (non-hydrogen) atoms. The van der Waals surface area contributed by atoms with E-state index in [1.165, 1.54) is 24.3 Å². The molecule has 0 radical (unpaired) electrons. The van der Waals surface area contributed by atoms with Gasteiger partial charge in [0, 0.05) is 5.54 Å². The number of carboxylic acid groups (broad SMARTS) is 1.